The second kappa shape index (κ2) is 21.4. The molecule has 13 heteroatoms. The number of ether oxygens (including phenoxy) is 6. The molecule has 2 aliphatic carbocycles. The summed E-state index contributed by atoms with van der Waals surface area (Å²) in [7, 11) is 0. The summed E-state index contributed by atoms with van der Waals surface area (Å²) < 4.78 is 52.9. The Balaban J connectivity index is 1.31. The molecule has 0 unspecified atom stereocenters. The zero-order valence-electron chi connectivity index (χ0n) is 36.9. The van der Waals surface area contributed by atoms with Gasteiger partial charge in [0.1, 0.15) is 36.6 Å². The number of carbonyl (C=O) groups is 1. The number of oxime groups is 1. The fraction of sp³-hybridized carbons (Fsp3) is 0.423. The molecule has 8 rings (SSSR count). The molecule has 0 spiro atoms. The molecule has 0 saturated heterocycles. The van der Waals surface area contributed by atoms with E-state index in [1.165, 1.54) is 6.07 Å². The lowest BCUT2D eigenvalue weighted by atomic mass is 9.55. The number of hydrogen-bond acceptors (Lipinski definition) is 11. The van der Waals surface area contributed by atoms with Gasteiger partial charge >= 0.3 is 6.09 Å². The number of nitrogens with zero attached hydrogens (tertiary/aromatic N) is 2. The molecular formula is C52H59FN2O10. The van der Waals surface area contributed by atoms with Gasteiger partial charge in [0.05, 0.1) is 24.8 Å². The fourth-order valence-corrected chi connectivity index (χ4v) is 10.0. The van der Waals surface area contributed by atoms with Crippen LogP contribution in [0.15, 0.2) is 120 Å². The van der Waals surface area contributed by atoms with E-state index in [4.69, 9.17) is 38.4 Å². The quantitative estimate of drug-likeness (QED) is 0.0473. The van der Waals surface area contributed by atoms with Crippen LogP contribution >= 0.6 is 0 Å². The molecule has 4 aliphatic rings. The number of unbranched alkanes of at least 4 members (excludes halogenated alkanes) is 2. The van der Waals surface area contributed by atoms with Crippen LogP contribution in [-0.4, -0.2) is 72.0 Å². The van der Waals surface area contributed by atoms with Crippen LogP contribution in [0.25, 0.3) is 0 Å². The highest BCUT2D eigenvalue weighted by molar-refractivity contribution is 6.03. The first kappa shape index (κ1) is 45.7. The standard InChI is InChI=1S/C52H59FN2O10/c1-3-26-63-52-48(55(51(58)59-4-2)31-36-20-22-46-47(27-36)62-34-61-46)30-44(54-64-32-35-14-6-5-7-15-35)41-28-37(16-10-12-24-56)40(18-11-13-25-57)49(50(41)52)42-29-39(21-23-45(42)65-52)60-33-38-17-8-9-19-43(38)53/h3,5-9,14-15,17,19-23,27-29,37,40,48-50,56-57H,1,4,10-13,16,18,24-26,30-34H2,2H3/t37-,40+,48-,49+,50+,52+/m0/s1. The number of aliphatic hydroxyl groups excluding tert-OH is 2. The van der Waals surface area contributed by atoms with Gasteiger partial charge in [0.25, 0.3) is 0 Å². The van der Waals surface area contributed by atoms with Gasteiger partial charge in [-0.3, -0.25) is 4.90 Å². The maximum absolute atomic E-state index is 14.8. The van der Waals surface area contributed by atoms with Gasteiger partial charge in [-0.15, -0.1) is 6.58 Å². The molecule has 6 atom stereocenters. The monoisotopic (exact) mass is 890 g/mol. The predicted molar refractivity (Wildman–Crippen MR) is 242 cm³/mol. The van der Waals surface area contributed by atoms with Crippen molar-refractivity contribution in [3.63, 3.8) is 0 Å². The predicted octanol–water partition coefficient (Wildman–Crippen LogP) is 9.63. The Bertz CT molecular complexity index is 2320. The Morgan fingerprint density at radius 3 is 2.46 bits per heavy atom. The van der Waals surface area contributed by atoms with Gasteiger partial charge in [0, 0.05) is 43.2 Å². The summed E-state index contributed by atoms with van der Waals surface area (Å²) in [4.78, 5) is 22.5. The van der Waals surface area contributed by atoms with E-state index >= 15 is 0 Å². The Morgan fingerprint density at radius 1 is 0.908 bits per heavy atom. The van der Waals surface area contributed by atoms with Crippen molar-refractivity contribution in [1.82, 2.24) is 4.90 Å². The number of aliphatic hydroxyl groups is 2. The molecule has 65 heavy (non-hydrogen) atoms. The summed E-state index contributed by atoms with van der Waals surface area (Å²) >= 11 is 0. The smallest absolute Gasteiger partial charge is 0.410 e. The van der Waals surface area contributed by atoms with Crippen LogP contribution in [0.5, 0.6) is 23.0 Å². The van der Waals surface area contributed by atoms with E-state index in [2.05, 4.69) is 12.7 Å². The second-order valence-corrected chi connectivity index (χ2v) is 16.9. The maximum atomic E-state index is 14.8. The SMILES string of the molecule is C=CCO[C@@]12Oc3ccc(OCc4ccccc4F)cc3[C@H]3[C@H](CCCCO)[C@@H](CCCCO)C=C(C(=NOCc4ccccc4)C[C@@H]1N(Cc1ccc4c(c1)OCO4)C(=O)OCC)[C@H]32. The molecule has 0 radical (unpaired) electrons. The van der Waals surface area contributed by atoms with Gasteiger partial charge in [-0.25, -0.2) is 9.18 Å². The number of rotatable bonds is 21. The zero-order chi connectivity index (χ0) is 45.2. The minimum Gasteiger partial charge on any atom is -0.489 e. The van der Waals surface area contributed by atoms with Crippen molar-refractivity contribution < 1.29 is 52.7 Å². The summed E-state index contributed by atoms with van der Waals surface area (Å²) in [6.45, 7) is 6.63. The van der Waals surface area contributed by atoms with Gasteiger partial charge in [-0.05, 0) is 97.5 Å². The molecule has 2 aliphatic heterocycles. The average Bonchev–Trinajstić information content (AvgIpc) is 3.80. The van der Waals surface area contributed by atoms with Crippen molar-refractivity contribution in [2.75, 3.05) is 33.2 Å². The lowest BCUT2D eigenvalue weighted by molar-refractivity contribution is -0.256. The van der Waals surface area contributed by atoms with Gasteiger partial charge in [0.2, 0.25) is 12.6 Å². The lowest BCUT2D eigenvalue weighted by Crippen LogP contribution is -2.70. The lowest BCUT2D eigenvalue weighted by Gasteiger charge is -2.59. The van der Waals surface area contributed by atoms with Crippen molar-refractivity contribution in [3.05, 3.63) is 143 Å². The maximum Gasteiger partial charge on any atom is 0.410 e. The first-order valence-electron chi connectivity index (χ1n) is 22.8. The van der Waals surface area contributed by atoms with Crippen LogP contribution in [0.4, 0.5) is 9.18 Å². The number of fused-ring (bicyclic) bond motifs is 3. The molecule has 1 fully saturated rings. The molecule has 0 aromatic heterocycles. The molecule has 344 valence electrons. The Morgan fingerprint density at radius 2 is 1.68 bits per heavy atom. The molecule has 4 aromatic rings. The average molecular weight is 891 g/mol. The molecule has 0 bridgehead atoms. The van der Waals surface area contributed by atoms with Gasteiger partial charge in [0.15, 0.2) is 11.5 Å². The van der Waals surface area contributed by atoms with Crippen molar-refractivity contribution in [2.24, 2.45) is 22.9 Å². The van der Waals surface area contributed by atoms with E-state index in [1.54, 1.807) is 36.1 Å². The summed E-state index contributed by atoms with van der Waals surface area (Å²) in [6, 6.07) is 26.8. The van der Waals surface area contributed by atoms with Crippen LogP contribution < -0.4 is 18.9 Å². The molecule has 1 amide bonds. The third kappa shape index (κ3) is 10.0. The van der Waals surface area contributed by atoms with E-state index in [0.717, 1.165) is 47.9 Å². The van der Waals surface area contributed by atoms with E-state index in [1.807, 2.05) is 66.7 Å². The van der Waals surface area contributed by atoms with Crippen LogP contribution in [0.3, 0.4) is 0 Å². The van der Waals surface area contributed by atoms with Crippen LogP contribution in [0.2, 0.25) is 0 Å². The van der Waals surface area contributed by atoms with Crippen LogP contribution in [-0.2, 0) is 34.1 Å². The third-order valence-electron chi connectivity index (χ3n) is 12.9. The number of hydrogen-bond donors (Lipinski definition) is 2. The highest BCUT2D eigenvalue weighted by Crippen LogP contribution is 2.62. The van der Waals surface area contributed by atoms with E-state index in [-0.39, 0.29) is 83.0 Å². The summed E-state index contributed by atoms with van der Waals surface area (Å²) in [5.74, 6) is -0.406. The summed E-state index contributed by atoms with van der Waals surface area (Å²) in [5, 5.41) is 24.9. The molecule has 2 N–H and O–H groups in total. The Hall–Kier alpha value is -5.89. The first-order chi connectivity index (χ1) is 31.9. The molecular weight excluding hydrogens is 832 g/mol. The molecule has 4 aromatic carbocycles. The minimum absolute atomic E-state index is 0.0136. The number of benzene rings is 4. The second-order valence-electron chi connectivity index (χ2n) is 16.9. The highest BCUT2D eigenvalue weighted by atomic mass is 19.1. The van der Waals surface area contributed by atoms with Crippen LogP contribution in [0.1, 0.15) is 80.0 Å². The van der Waals surface area contributed by atoms with Crippen LogP contribution in [0, 0.1) is 23.6 Å². The molecule has 12 nitrogen and oxygen atoms in total. The van der Waals surface area contributed by atoms with E-state index in [0.29, 0.717) is 47.1 Å². The highest BCUT2D eigenvalue weighted by Gasteiger charge is 2.65. The Kier molecular flexibility index (Phi) is 15.0. The third-order valence-corrected chi connectivity index (χ3v) is 12.9. The largest absolute Gasteiger partial charge is 0.489 e. The number of amides is 1. The van der Waals surface area contributed by atoms with Crippen molar-refractivity contribution in [2.45, 2.75) is 89.4 Å². The van der Waals surface area contributed by atoms with Gasteiger partial charge in [-0.2, -0.15) is 0 Å². The zero-order valence-corrected chi connectivity index (χ0v) is 36.9. The normalized spacial score (nSPS) is 23.1. The molecule has 2 heterocycles. The number of carbonyl (C=O) groups excluding carboxylic acids is 1. The van der Waals surface area contributed by atoms with E-state index < -0.39 is 23.8 Å². The molecule has 1 saturated carbocycles. The minimum atomic E-state index is -1.51. The Labute approximate surface area is 380 Å². The number of halogens is 1. The van der Waals surface area contributed by atoms with E-state index in [9.17, 15) is 19.4 Å². The first-order valence-corrected chi connectivity index (χ1v) is 22.8. The summed E-state index contributed by atoms with van der Waals surface area (Å²) in [5.41, 5.74) is 4.59. The van der Waals surface area contributed by atoms with Crippen molar-refractivity contribution in [3.8, 4) is 23.0 Å². The van der Waals surface area contributed by atoms with Crippen molar-refractivity contribution in [1.29, 1.82) is 0 Å². The van der Waals surface area contributed by atoms with Gasteiger partial charge in [-0.1, -0.05) is 84.7 Å². The fourth-order valence-electron chi connectivity index (χ4n) is 10.0. The topological polar surface area (TPSA) is 138 Å². The number of allylic oxidation sites excluding steroid dienone is 1. The van der Waals surface area contributed by atoms with Crippen molar-refractivity contribution >= 4 is 11.8 Å². The van der Waals surface area contributed by atoms with Gasteiger partial charge < -0.3 is 43.5 Å². The summed E-state index contributed by atoms with van der Waals surface area (Å²) in [6.07, 6.45) is 7.97.